The van der Waals surface area contributed by atoms with Gasteiger partial charge in [-0.25, -0.2) is 0 Å². The van der Waals surface area contributed by atoms with E-state index in [1.54, 1.807) is 0 Å². The largest absolute Gasteiger partial charge is 0.394 e. The first kappa shape index (κ1) is 47.1. The zero-order chi connectivity index (χ0) is 41.8. The highest BCUT2D eigenvalue weighted by Crippen LogP contribution is 2.34. The van der Waals surface area contributed by atoms with Gasteiger partial charge >= 0.3 is 0 Å². The minimum Gasteiger partial charge on any atom is -0.394 e. The summed E-state index contributed by atoms with van der Waals surface area (Å²) in [6.45, 7) is -4.58. The predicted molar refractivity (Wildman–Crippen MR) is 173 cm³/mol. The van der Waals surface area contributed by atoms with Crippen molar-refractivity contribution < 1.29 is 120 Å². The molecule has 56 heavy (non-hydrogen) atoms. The second-order valence-electron chi connectivity index (χ2n) is 13.8. The third-order valence-corrected chi connectivity index (χ3v) is 10.2. The highest BCUT2D eigenvalue weighted by atomic mass is 16.8. The molecule has 23 atom stereocenters. The normalized spacial score (nSPS) is 45.7. The molecule has 0 saturated carbocycles. The van der Waals surface area contributed by atoms with Crippen molar-refractivity contribution in [1.29, 1.82) is 0 Å². The fraction of sp³-hybridized carbons (Fsp3) is 0.903. The Labute approximate surface area is 317 Å². The van der Waals surface area contributed by atoms with Gasteiger partial charge in [-0.05, 0) is 5.57 Å². The van der Waals surface area contributed by atoms with Crippen molar-refractivity contribution in [3.8, 4) is 0 Å². The van der Waals surface area contributed by atoms with Crippen LogP contribution in [0.2, 0.25) is 0 Å². The Morgan fingerprint density at radius 1 is 0.643 bits per heavy atom. The van der Waals surface area contributed by atoms with Crippen molar-refractivity contribution in [2.45, 2.75) is 141 Å². The summed E-state index contributed by atoms with van der Waals surface area (Å²) in [7, 11) is 0. The molecule has 0 aromatic carbocycles. The van der Waals surface area contributed by atoms with Gasteiger partial charge in [0, 0.05) is 0 Å². The van der Waals surface area contributed by atoms with Crippen LogP contribution >= 0.6 is 0 Å². The van der Waals surface area contributed by atoms with Crippen LogP contribution in [0.15, 0.2) is 11.6 Å². The summed E-state index contributed by atoms with van der Waals surface area (Å²) in [5.41, 5.74) is -0.0689. The monoisotopic (exact) mass is 823 g/mol. The predicted octanol–water partition coefficient (Wildman–Crippen LogP) is -11.9. The van der Waals surface area contributed by atoms with Gasteiger partial charge in [0.1, 0.15) is 110 Å². The molecule has 0 spiro atoms. The number of aldehydes is 1. The maximum atomic E-state index is 11.1. The van der Waals surface area contributed by atoms with E-state index in [2.05, 4.69) is 5.32 Å². The first-order chi connectivity index (χ1) is 26.5. The number of nitrogens with one attached hydrogen (secondary N) is 1. The number of carbonyl (C=O) groups excluding carboxylic acids is 1. The molecule has 0 aromatic heterocycles. The van der Waals surface area contributed by atoms with Crippen molar-refractivity contribution in [2.24, 2.45) is 0 Å². The minimum atomic E-state index is -2.17. The van der Waals surface area contributed by atoms with E-state index in [0.717, 1.165) is 0 Å². The topological polar surface area (TPSA) is 428 Å². The van der Waals surface area contributed by atoms with Gasteiger partial charge in [0.15, 0.2) is 25.2 Å². The van der Waals surface area contributed by atoms with Crippen molar-refractivity contribution >= 4 is 6.29 Å². The lowest BCUT2D eigenvalue weighted by molar-refractivity contribution is -0.380. The summed E-state index contributed by atoms with van der Waals surface area (Å²) in [6, 6.07) is -2.62. The summed E-state index contributed by atoms with van der Waals surface area (Å²) >= 11 is 0. The first-order valence-corrected chi connectivity index (χ1v) is 17.6. The van der Waals surface area contributed by atoms with Crippen LogP contribution in [0.1, 0.15) is 0 Å². The van der Waals surface area contributed by atoms with E-state index in [9.17, 15) is 91.6 Å². The number of hydrogen-bond donors (Lipinski definition) is 18. The third-order valence-electron chi connectivity index (χ3n) is 10.2. The maximum Gasteiger partial charge on any atom is 0.187 e. The van der Waals surface area contributed by atoms with Gasteiger partial charge in [-0.1, -0.05) is 6.08 Å². The molecule has 0 bridgehead atoms. The lowest BCUT2D eigenvalue weighted by Gasteiger charge is -2.49. The number of ether oxygens (including phenoxy) is 6. The molecular formula is C31H53NO24. The maximum absolute atomic E-state index is 11.1. The Bertz CT molecular complexity index is 1250. The molecule has 3 heterocycles. The molecule has 4 rings (SSSR count). The quantitative estimate of drug-likeness (QED) is 0.0478. The lowest BCUT2D eigenvalue weighted by Crippen LogP contribution is -2.69. The minimum absolute atomic E-state index is 0.0689. The van der Waals surface area contributed by atoms with Crippen LogP contribution < -0.4 is 5.32 Å². The summed E-state index contributed by atoms with van der Waals surface area (Å²) in [5.74, 6) is 0. The molecule has 23 unspecified atom stereocenters. The van der Waals surface area contributed by atoms with E-state index in [-0.39, 0.29) is 11.9 Å². The molecule has 3 saturated heterocycles. The van der Waals surface area contributed by atoms with E-state index in [1.165, 1.54) is 6.08 Å². The SMILES string of the molecule is O=CC(O)C(O)C(OC1OC(CO)C(OC2OC(CO)C(OC3OC(CO)C(NC4C=C(CO)C(O)C(O)C4O)C(O)C3O)C(O)C2O)C(O)C1O)C(O)CO. The van der Waals surface area contributed by atoms with E-state index in [1.807, 2.05) is 0 Å². The van der Waals surface area contributed by atoms with Crippen LogP contribution in [-0.2, 0) is 33.2 Å². The van der Waals surface area contributed by atoms with Crippen molar-refractivity contribution in [3.05, 3.63) is 11.6 Å². The average Bonchev–Trinajstić information content (AvgIpc) is 3.20. The second-order valence-corrected chi connectivity index (χ2v) is 13.8. The fourth-order valence-electron chi connectivity index (χ4n) is 6.88. The number of hydrogen-bond acceptors (Lipinski definition) is 25. The van der Waals surface area contributed by atoms with Gasteiger partial charge in [0.25, 0.3) is 0 Å². The highest BCUT2D eigenvalue weighted by Gasteiger charge is 2.55. The number of aliphatic hydroxyl groups excluding tert-OH is 17. The van der Waals surface area contributed by atoms with Gasteiger partial charge in [0.05, 0.1) is 45.1 Å². The molecule has 0 aromatic rings. The third kappa shape index (κ3) is 9.90. The van der Waals surface area contributed by atoms with Crippen LogP contribution in [0.25, 0.3) is 0 Å². The van der Waals surface area contributed by atoms with Gasteiger partial charge in [0.2, 0.25) is 0 Å². The zero-order valence-corrected chi connectivity index (χ0v) is 29.4. The number of aliphatic hydroxyl groups is 17. The van der Waals surface area contributed by atoms with Crippen LogP contribution in [0.3, 0.4) is 0 Å². The summed E-state index contributed by atoms with van der Waals surface area (Å²) in [6.07, 6.45) is -38.7. The van der Waals surface area contributed by atoms with Crippen molar-refractivity contribution in [1.82, 2.24) is 5.32 Å². The highest BCUT2D eigenvalue weighted by molar-refractivity contribution is 5.56. The molecule has 0 radical (unpaired) electrons. The molecule has 4 aliphatic rings. The molecule has 3 fully saturated rings. The van der Waals surface area contributed by atoms with Crippen LogP contribution in [0.4, 0.5) is 0 Å². The van der Waals surface area contributed by atoms with Gasteiger partial charge in [-0.15, -0.1) is 0 Å². The lowest BCUT2D eigenvalue weighted by atomic mass is 9.86. The fourth-order valence-corrected chi connectivity index (χ4v) is 6.88. The summed E-state index contributed by atoms with van der Waals surface area (Å²) in [4.78, 5) is 11.0. The van der Waals surface area contributed by atoms with Crippen LogP contribution in [0.5, 0.6) is 0 Å². The molecule has 25 heteroatoms. The average molecular weight is 824 g/mol. The van der Waals surface area contributed by atoms with Gasteiger partial charge < -0.3 is 125 Å². The Kier molecular flexibility index (Phi) is 17.4. The smallest absolute Gasteiger partial charge is 0.187 e. The summed E-state index contributed by atoms with van der Waals surface area (Å²) in [5, 5.41) is 178. The van der Waals surface area contributed by atoms with Gasteiger partial charge in [-0.2, -0.15) is 0 Å². The second kappa shape index (κ2) is 20.6. The van der Waals surface area contributed by atoms with Crippen molar-refractivity contribution in [2.75, 3.05) is 33.0 Å². The molecule has 1 aliphatic carbocycles. The van der Waals surface area contributed by atoms with E-state index in [0.29, 0.717) is 0 Å². The van der Waals surface area contributed by atoms with Crippen LogP contribution in [-0.4, -0.2) is 267 Å². The molecule has 3 aliphatic heterocycles. The van der Waals surface area contributed by atoms with E-state index >= 15 is 0 Å². The zero-order valence-electron chi connectivity index (χ0n) is 29.4. The number of rotatable bonds is 17. The van der Waals surface area contributed by atoms with Crippen LogP contribution in [0, 0.1) is 0 Å². The first-order valence-electron chi connectivity index (χ1n) is 17.6. The van der Waals surface area contributed by atoms with Gasteiger partial charge in [-0.3, -0.25) is 0 Å². The van der Waals surface area contributed by atoms with Crippen molar-refractivity contribution in [3.63, 3.8) is 0 Å². The molecule has 326 valence electrons. The van der Waals surface area contributed by atoms with E-state index in [4.69, 9.17) is 28.4 Å². The molecule has 25 nitrogen and oxygen atoms in total. The molecular weight excluding hydrogens is 770 g/mol. The molecule has 0 amide bonds. The Balaban J connectivity index is 1.44. The Hall–Kier alpha value is -1.55. The standard InChI is InChI=1S/C31H53NO24/c33-2-8-1-9(17(42)20(45)16(8)41)32-15-12(5-36)51-29(23(48)19(15)44)55-27-14(7-38)53-31(25(50)22(27)47)56-28-13(6-37)52-30(24(49)21(28)46)54-26(11(40)4-35)18(43)10(39)3-34/h1,3,9-33,35-50H,2,4-7H2. The summed E-state index contributed by atoms with van der Waals surface area (Å²) < 4.78 is 33.1. The number of carbonyl (C=O) groups is 1. The Morgan fingerprint density at radius 3 is 1.61 bits per heavy atom. The molecule has 18 N–H and O–H groups in total. The van der Waals surface area contributed by atoms with E-state index < -0.39 is 174 Å². The Morgan fingerprint density at radius 2 is 1.12 bits per heavy atom.